The number of methoxy groups -OCH3 is 1. The zero-order valence-corrected chi connectivity index (χ0v) is 13.1. The summed E-state index contributed by atoms with van der Waals surface area (Å²) in [5.74, 6) is 1.37. The molecule has 100 valence electrons. The van der Waals surface area contributed by atoms with Crippen molar-refractivity contribution in [3.63, 3.8) is 0 Å². The Morgan fingerprint density at radius 1 is 1.35 bits per heavy atom. The lowest BCUT2D eigenvalue weighted by Crippen LogP contribution is -2.33. The number of hydrogen-bond donors (Lipinski definition) is 0. The van der Waals surface area contributed by atoms with Gasteiger partial charge in [0.2, 0.25) is 0 Å². The zero-order valence-electron chi connectivity index (χ0n) is 11.5. The predicted molar refractivity (Wildman–Crippen MR) is 78.1 cm³/mol. The Balaban J connectivity index is 2.38. The summed E-state index contributed by atoms with van der Waals surface area (Å²) in [6.45, 7) is 8.54. The third-order valence-corrected chi connectivity index (χ3v) is 6.87. The number of hydrogen-bond acceptors (Lipinski definition) is 4. The lowest BCUT2D eigenvalue weighted by atomic mass is 10.00. The van der Waals surface area contributed by atoms with Crippen LogP contribution in [0.5, 0.6) is 0 Å². The highest BCUT2D eigenvalue weighted by Crippen LogP contribution is 2.36. The number of ketones is 1. The first kappa shape index (κ1) is 15.4. The van der Waals surface area contributed by atoms with Gasteiger partial charge < -0.3 is 4.74 Å². The van der Waals surface area contributed by atoms with Crippen LogP contribution >= 0.6 is 23.5 Å². The molecule has 0 aliphatic carbocycles. The predicted octanol–water partition coefficient (Wildman–Crippen LogP) is 3.39. The Bertz CT molecular complexity index is 266. The van der Waals surface area contributed by atoms with Gasteiger partial charge >= 0.3 is 0 Å². The van der Waals surface area contributed by atoms with Crippen LogP contribution < -0.4 is 0 Å². The second kappa shape index (κ2) is 6.48. The fourth-order valence-corrected chi connectivity index (χ4v) is 4.56. The van der Waals surface area contributed by atoms with E-state index < -0.39 is 0 Å². The van der Waals surface area contributed by atoms with E-state index in [-0.39, 0.29) is 10.9 Å². The van der Waals surface area contributed by atoms with Gasteiger partial charge in [0.05, 0.1) is 10.9 Å². The first-order chi connectivity index (χ1) is 7.85. The van der Waals surface area contributed by atoms with Gasteiger partial charge in [-0.05, 0) is 20.3 Å². The summed E-state index contributed by atoms with van der Waals surface area (Å²) < 4.78 is 5.35. The second-order valence-electron chi connectivity index (χ2n) is 5.30. The van der Waals surface area contributed by atoms with Crippen molar-refractivity contribution in [2.24, 2.45) is 0 Å². The molecule has 0 bridgehead atoms. The van der Waals surface area contributed by atoms with Gasteiger partial charge in [0.15, 0.2) is 0 Å². The third-order valence-electron chi connectivity index (χ3n) is 3.44. The van der Waals surface area contributed by atoms with Crippen molar-refractivity contribution >= 4 is 29.3 Å². The molecule has 3 unspecified atom stereocenters. The van der Waals surface area contributed by atoms with E-state index in [2.05, 4.69) is 13.8 Å². The molecule has 1 rings (SSSR count). The standard InChI is InChI=1S/C13H24O2S2/c1-9-10(2)17-12(8-16-9)11(14)6-7-13(3,4)15-5/h9-10,12H,6-8H2,1-5H3. The van der Waals surface area contributed by atoms with Gasteiger partial charge in [-0.1, -0.05) is 13.8 Å². The van der Waals surface area contributed by atoms with E-state index in [1.807, 2.05) is 37.4 Å². The van der Waals surface area contributed by atoms with Crippen molar-refractivity contribution < 1.29 is 9.53 Å². The van der Waals surface area contributed by atoms with Crippen LogP contribution in [0.15, 0.2) is 0 Å². The van der Waals surface area contributed by atoms with Crippen LogP contribution in [0, 0.1) is 0 Å². The maximum absolute atomic E-state index is 12.1. The highest BCUT2D eigenvalue weighted by atomic mass is 32.2. The smallest absolute Gasteiger partial charge is 0.146 e. The Kier molecular flexibility index (Phi) is 5.87. The largest absolute Gasteiger partial charge is 0.379 e. The van der Waals surface area contributed by atoms with Gasteiger partial charge in [0.1, 0.15) is 5.78 Å². The lowest BCUT2D eigenvalue weighted by molar-refractivity contribution is -0.119. The number of thioether (sulfide) groups is 2. The number of carbonyl (C=O) groups excluding carboxylic acids is 1. The molecule has 1 fully saturated rings. The monoisotopic (exact) mass is 276 g/mol. The van der Waals surface area contributed by atoms with Crippen molar-refractivity contribution in [3.05, 3.63) is 0 Å². The molecule has 0 radical (unpaired) electrons. The van der Waals surface area contributed by atoms with Gasteiger partial charge in [0.25, 0.3) is 0 Å². The number of rotatable bonds is 5. The summed E-state index contributed by atoms with van der Waals surface area (Å²) in [5.41, 5.74) is -0.180. The van der Waals surface area contributed by atoms with Gasteiger partial charge in [-0.3, -0.25) is 4.79 Å². The molecule has 0 saturated carbocycles. The normalized spacial score (nSPS) is 30.3. The van der Waals surface area contributed by atoms with E-state index in [4.69, 9.17) is 4.74 Å². The molecule has 0 N–H and O–H groups in total. The highest BCUT2D eigenvalue weighted by Gasteiger charge is 2.30. The van der Waals surface area contributed by atoms with E-state index in [1.165, 1.54) is 0 Å². The van der Waals surface area contributed by atoms with Crippen LogP contribution in [-0.2, 0) is 9.53 Å². The molecule has 2 nitrogen and oxygen atoms in total. The molecule has 17 heavy (non-hydrogen) atoms. The summed E-state index contributed by atoms with van der Waals surface area (Å²) in [4.78, 5) is 12.1. The molecule has 0 aromatic rings. The molecular weight excluding hydrogens is 252 g/mol. The summed E-state index contributed by atoms with van der Waals surface area (Å²) in [6.07, 6.45) is 1.45. The first-order valence-electron chi connectivity index (χ1n) is 6.20. The van der Waals surface area contributed by atoms with Crippen molar-refractivity contribution in [1.82, 2.24) is 0 Å². The molecule has 0 amide bonds. The summed E-state index contributed by atoms with van der Waals surface area (Å²) in [6, 6.07) is 0. The Morgan fingerprint density at radius 2 is 2.00 bits per heavy atom. The molecule has 3 atom stereocenters. The first-order valence-corrected chi connectivity index (χ1v) is 8.20. The van der Waals surface area contributed by atoms with Crippen LogP contribution in [0.4, 0.5) is 0 Å². The Hall–Kier alpha value is 0.330. The average Bonchev–Trinajstić information content (AvgIpc) is 2.30. The second-order valence-corrected chi connectivity index (χ2v) is 8.29. The van der Waals surface area contributed by atoms with Crippen molar-refractivity contribution in [2.45, 2.75) is 61.9 Å². The molecule has 1 saturated heterocycles. The minimum Gasteiger partial charge on any atom is -0.379 e. The fraction of sp³-hybridized carbons (Fsp3) is 0.923. The summed E-state index contributed by atoms with van der Waals surface area (Å²) in [7, 11) is 1.71. The van der Waals surface area contributed by atoms with Crippen LogP contribution in [0.1, 0.15) is 40.5 Å². The number of Topliss-reactive ketones (excluding diaryl/α,β-unsaturated/α-hetero) is 1. The van der Waals surface area contributed by atoms with E-state index >= 15 is 0 Å². The van der Waals surface area contributed by atoms with E-state index in [0.717, 1.165) is 12.2 Å². The maximum Gasteiger partial charge on any atom is 0.146 e. The van der Waals surface area contributed by atoms with Crippen LogP contribution in [0.2, 0.25) is 0 Å². The summed E-state index contributed by atoms with van der Waals surface area (Å²) >= 11 is 3.78. The molecule has 0 aromatic carbocycles. The number of ether oxygens (including phenoxy) is 1. The Morgan fingerprint density at radius 3 is 2.53 bits per heavy atom. The molecular formula is C13H24O2S2. The van der Waals surface area contributed by atoms with Gasteiger partial charge in [-0.15, -0.1) is 11.8 Å². The molecule has 1 aliphatic rings. The zero-order chi connectivity index (χ0) is 13.1. The minimum atomic E-state index is -0.180. The Labute approximate surface area is 114 Å². The van der Waals surface area contributed by atoms with Crippen LogP contribution in [0.3, 0.4) is 0 Å². The van der Waals surface area contributed by atoms with Crippen molar-refractivity contribution in [3.8, 4) is 0 Å². The maximum atomic E-state index is 12.1. The number of carbonyl (C=O) groups is 1. The third kappa shape index (κ3) is 4.84. The highest BCUT2D eigenvalue weighted by molar-refractivity contribution is 8.08. The van der Waals surface area contributed by atoms with Gasteiger partial charge in [-0.2, -0.15) is 11.8 Å². The molecule has 4 heteroatoms. The van der Waals surface area contributed by atoms with E-state index in [1.54, 1.807) is 7.11 Å². The van der Waals surface area contributed by atoms with E-state index in [9.17, 15) is 4.79 Å². The van der Waals surface area contributed by atoms with Crippen molar-refractivity contribution in [2.75, 3.05) is 12.9 Å². The van der Waals surface area contributed by atoms with Crippen molar-refractivity contribution in [1.29, 1.82) is 0 Å². The van der Waals surface area contributed by atoms with Crippen LogP contribution in [0.25, 0.3) is 0 Å². The van der Waals surface area contributed by atoms with Gasteiger partial charge in [0, 0.05) is 29.8 Å². The fourth-order valence-electron chi connectivity index (χ4n) is 1.64. The molecule has 0 spiro atoms. The molecule has 1 aliphatic heterocycles. The SMILES string of the molecule is COC(C)(C)CCC(=O)C1CSC(C)C(C)S1. The van der Waals surface area contributed by atoms with Crippen LogP contribution in [-0.4, -0.2) is 40.0 Å². The quantitative estimate of drug-likeness (QED) is 0.769. The lowest BCUT2D eigenvalue weighted by Gasteiger charge is -2.31. The average molecular weight is 276 g/mol. The minimum absolute atomic E-state index is 0.180. The molecule has 0 aromatic heterocycles. The van der Waals surface area contributed by atoms with Gasteiger partial charge in [-0.25, -0.2) is 0 Å². The molecule has 1 heterocycles. The summed E-state index contributed by atoms with van der Waals surface area (Å²) in [5, 5.41) is 1.44. The topological polar surface area (TPSA) is 26.3 Å². The van der Waals surface area contributed by atoms with E-state index in [0.29, 0.717) is 22.7 Å².